The summed E-state index contributed by atoms with van der Waals surface area (Å²) < 4.78 is 5.38. The Balaban J connectivity index is 1.54. The Morgan fingerprint density at radius 1 is 1.14 bits per heavy atom. The van der Waals surface area contributed by atoms with Crippen LogP contribution in [0.1, 0.15) is 28.0 Å². The van der Waals surface area contributed by atoms with E-state index in [1.54, 1.807) is 18.2 Å². The molecule has 28 heavy (non-hydrogen) atoms. The lowest BCUT2D eigenvalue weighted by molar-refractivity contribution is 0.0980. The zero-order valence-corrected chi connectivity index (χ0v) is 16.0. The van der Waals surface area contributed by atoms with Crippen LogP contribution >= 0.6 is 0 Å². The van der Waals surface area contributed by atoms with Crippen LogP contribution in [0.3, 0.4) is 0 Å². The van der Waals surface area contributed by atoms with Gasteiger partial charge in [-0.05, 0) is 49.1 Å². The van der Waals surface area contributed by atoms with Crippen molar-refractivity contribution < 1.29 is 9.53 Å². The summed E-state index contributed by atoms with van der Waals surface area (Å²) in [6.45, 7) is 2.70. The first kappa shape index (κ1) is 18.0. The van der Waals surface area contributed by atoms with Crippen LogP contribution in [0, 0.1) is 6.92 Å². The first-order valence-electron chi connectivity index (χ1n) is 9.29. The second kappa shape index (κ2) is 7.68. The molecule has 1 aliphatic rings. The van der Waals surface area contributed by atoms with Crippen LogP contribution in [0.15, 0.2) is 54.9 Å². The summed E-state index contributed by atoms with van der Waals surface area (Å²) in [5.41, 5.74) is 4.40. The zero-order valence-electron chi connectivity index (χ0n) is 16.0. The first-order valence-corrected chi connectivity index (χ1v) is 9.29. The number of carbonyl (C=O) groups excluding carboxylic acids is 1. The molecule has 6 heteroatoms. The van der Waals surface area contributed by atoms with Crippen molar-refractivity contribution >= 4 is 23.1 Å². The van der Waals surface area contributed by atoms with Gasteiger partial charge in [0.15, 0.2) is 0 Å². The second-order valence-electron chi connectivity index (χ2n) is 6.80. The highest BCUT2D eigenvalue weighted by molar-refractivity contribution is 6.05. The number of anilines is 3. The molecule has 0 radical (unpaired) electrons. The van der Waals surface area contributed by atoms with E-state index in [0.717, 1.165) is 35.5 Å². The third-order valence-electron chi connectivity index (χ3n) is 4.84. The average Bonchev–Trinajstić information content (AvgIpc) is 2.73. The molecule has 0 fully saturated rings. The topological polar surface area (TPSA) is 67.3 Å². The Morgan fingerprint density at radius 3 is 2.79 bits per heavy atom. The lowest BCUT2D eigenvalue weighted by atomic mass is 10.0. The molecule has 0 bridgehead atoms. The summed E-state index contributed by atoms with van der Waals surface area (Å²) in [7, 11) is 1.62. The quantitative estimate of drug-likeness (QED) is 0.744. The fourth-order valence-corrected chi connectivity index (χ4v) is 3.44. The van der Waals surface area contributed by atoms with Crippen molar-refractivity contribution in [2.45, 2.75) is 19.8 Å². The molecule has 0 aliphatic carbocycles. The third-order valence-corrected chi connectivity index (χ3v) is 4.84. The predicted octanol–water partition coefficient (Wildman–Crippen LogP) is 4.13. The number of para-hydroxylation sites is 1. The molecule has 2 heterocycles. The number of hydrogen-bond acceptors (Lipinski definition) is 5. The summed E-state index contributed by atoms with van der Waals surface area (Å²) in [6, 6.07) is 13.9. The molecule has 3 aromatic rings. The highest BCUT2D eigenvalue weighted by Gasteiger charge is 2.24. The Bertz CT molecular complexity index is 1000. The number of aromatic nitrogens is 2. The molecule has 0 unspecified atom stereocenters. The first-order chi connectivity index (χ1) is 13.7. The van der Waals surface area contributed by atoms with Crippen molar-refractivity contribution in [3.8, 4) is 5.75 Å². The van der Waals surface area contributed by atoms with Crippen LogP contribution in [0.5, 0.6) is 5.75 Å². The number of nitrogens with zero attached hydrogens (tertiary/aromatic N) is 3. The summed E-state index contributed by atoms with van der Waals surface area (Å²) in [5.74, 6) is 1.15. The molecular weight excluding hydrogens is 352 g/mol. The molecule has 142 valence electrons. The van der Waals surface area contributed by atoms with Gasteiger partial charge in [0.25, 0.3) is 5.91 Å². The Morgan fingerprint density at radius 2 is 2.00 bits per heavy atom. The van der Waals surface area contributed by atoms with Gasteiger partial charge in [-0.15, -0.1) is 0 Å². The van der Waals surface area contributed by atoms with Crippen molar-refractivity contribution in [2.24, 2.45) is 0 Å². The van der Waals surface area contributed by atoms with E-state index in [1.807, 2.05) is 43.3 Å². The highest BCUT2D eigenvalue weighted by Crippen LogP contribution is 2.29. The molecule has 4 rings (SSSR count). The van der Waals surface area contributed by atoms with Crippen molar-refractivity contribution in [2.75, 3.05) is 23.9 Å². The molecule has 1 amide bonds. The van der Waals surface area contributed by atoms with Gasteiger partial charge in [0.05, 0.1) is 25.2 Å². The Hall–Kier alpha value is -3.41. The van der Waals surface area contributed by atoms with Crippen LogP contribution < -0.4 is 15.0 Å². The number of fused-ring (bicyclic) bond motifs is 1. The highest BCUT2D eigenvalue weighted by atomic mass is 16.5. The number of nitrogens with one attached hydrogen (secondary N) is 1. The van der Waals surface area contributed by atoms with Crippen LogP contribution in [0.2, 0.25) is 0 Å². The van der Waals surface area contributed by atoms with E-state index >= 15 is 0 Å². The van der Waals surface area contributed by atoms with Gasteiger partial charge >= 0.3 is 0 Å². The van der Waals surface area contributed by atoms with Crippen molar-refractivity contribution in [3.63, 3.8) is 0 Å². The van der Waals surface area contributed by atoms with Crippen LogP contribution in [-0.4, -0.2) is 29.5 Å². The van der Waals surface area contributed by atoms with Gasteiger partial charge in [-0.25, -0.2) is 9.97 Å². The molecule has 0 spiro atoms. The van der Waals surface area contributed by atoms with Crippen molar-refractivity contribution in [1.29, 1.82) is 0 Å². The van der Waals surface area contributed by atoms with E-state index < -0.39 is 0 Å². The minimum atomic E-state index is -0.126. The van der Waals surface area contributed by atoms with Gasteiger partial charge in [-0.3, -0.25) is 4.79 Å². The van der Waals surface area contributed by atoms with E-state index in [2.05, 4.69) is 21.4 Å². The van der Waals surface area contributed by atoms with Crippen molar-refractivity contribution in [3.05, 3.63) is 71.7 Å². The molecule has 0 saturated carbocycles. The maximum absolute atomic E-state index is 13.0. The molecule has 0 saturated heterocycles. The smallest absolute Gasteiger partial charge is 0.278 e. The standard InChI is InChI=1S/C22H22N4O2/c1-15-9-10-20(28-2)17(12-15)25-21-14-23-18(13-24-21)22(27)26-11-5-7-16-6-3-4-8-19(16)26/h3-4,6,8-10,12-14H,5,7,11H2,1-2H3,(H,24,25). The van der Waals surface area contributed by atoms with E-state index in [9.17, 15) is 4.79 Å². The number of aryl methyl sites for hydroxylation is 2. The Kier molecular flexibility index (Phi) is 4.93. The fraction of sp³-hybridized carbons (Fsp3) is 0.227. The fourth-order valence-electron chi connectivity index (χ4n) is 3.44. The number of amides is 1. The predicted molar refractivity (Wildman–Crippen MR) is 109 cm³/mol. The van der Waals surface area contributed by atoms with E-state index in [1.165, 1.54) is 11.8 Å². The van der Waals surface area contributed by atoms with Gasteiger partial charge in [0.2, 0.25) is 0 Å². The van der Waals surface area contributed by atoms with E-state index in [-0.39, 0.29) is 5.91 Å². The van der Waals surface area contributed by atoms with Crippen LogP contribution in [0.4, 0.5) is 17.2 Å². The van der Waals surface area contributed by atoms with Crippen molar-refractivity contribution in [1.82, 2.24) is 9.97 Å². The number of ether oxygens (including phenoxy) is 1. The zero-order chi connectivity index (χ0) is 19.5. The van der Waals surface area contributed by atoms with E-state index in [4.69, 9.17) is 4.74 Å². The number of rotatable bonds is 4. The minimum Gasteiger partial charge on any atom is -0.495 e. The average molecular weight is 374 g/mol. The molecule has 1 N–H and O–H groups in total. The normalized spacial score (nSPS) is 13.0. The molecule has 6 nitrogen and oxygen atoms in total. The molecule has 2 aromatic carbocycles. The maximum Gasteiger partial charge on any atom is 0.278 e. The molecule has 1 aliphatic heterocycles. The monoisotopic (exact) mass is 374 g/mol. The lowest BCUT2D eigenvalue weighted by Gasteiger charge is -2.29. The summed E-state index contributed by atoms with van der Waals surface area (Å²) >= 11 is 0. The minimum absolute atomic E-state index is 0.126. The Labute approximate surface area is 164 Å². The summed E-state index contributed by atoms with van der Waals surface area (Å²) in [5, 5.41) is 3.20. The number of hydrogen-bond donors (Lipinski definition) is 1. The SMILES string of the molecule is COc1ccc(C)cc1Nc1cnc(C(=O)N2CCCc3ccccc32)cn1. The second-order valence-corrected chi connectivity index (χ2v) is 6.80. The van der Waals surface area contributed by atoms with E-state index in [0.29, 0.717) is 18.1 Å². The van der Waals surface area contributed by atoms with Crippen LogP contribution in [-0.2, 0) is 6.42 Å². The van der Waals surface area contributed by atoms with Gasteiger partial charge in [-0.2, -0.15) is 0 Å². The van der Waals surface area contributed by atoms with Gasteiger partial charge in [0, 0.05) is 12.2 Å². The number of carbonyl (C=O) groups is 1. The number of methoxy groups -OCH3 is 1. The van der Waals surface area contributed by atoms with Crippen LogP contribution in [0.25, 0.3) is 0 Å². The number of benzene rings is 2. The van der Waals surface area contributed by atoms with Gasteiger partial charge in [-0.1, -0.05) is 24.3 Å². The molecule has 0 atom stereocenters. The maximum atomic E-state index is 13.0. The summed E-state index contributed by atoms with van der Waals surface area (Å²) in [4.78, 5) is 23.5. The largest absolute Gasteiger partial charge is 0.495 e. The lowest BCUT2D eigenvalue weighted by Crippen LogP contribution is -2.36. The van der Waals surface area contributed by atoms with Gasteiger partial charge in [0.1, 0.15) is 17.3 Å². The van der Waals surface area contributed by atoms with Gasteiger partial charge < -0.3 is 15.0 Å². The summed E-state index contributed by atoms with van der Waals surface area (Å²) in [6.07, 6.45) is 5.03. The molecule has 1 aromatic heterocycles. The molecular formula is C22H22N4O2. The third kappa shape index (κ3) is 3.53.